The second kappa shape index (κ2) is 15.7. The first-order chi connectivity index (χ1) is 13.7. The summed E-state index contributed by atoms with van der Waals surface area (Å²) >= 11 is 0. The molecule has 0 amide bonds. The van der Waals surface area contributed by atoms with Gasteiger partial charge >= 0.3 is 0 Å². The molecular formula is C22H39IN4O2. The standard InChI is InChI=1S/C22H38N4O2.HI/c1-4-13-26-14-11-20(18-26)17-25-22(23-12-6-15-28-5-2)24-16-19-7-9-21(27-3)10-8-19;/h7-10,20H,4-6,11-18H2,1-3H3,(H2,23,24,25);1H. The Bertz CT molecular complexity index is 568. The molecule has 6 nitrogen and oxygen atoms in total. The van der Waals surface area contributed by atoms with Crippen LogP contribution in [-0.2, 0) is 11.3 Å². The van der Waals surface area contributed by atoms with Crippen molar-refractivity contribution in [2.75, 3.05) is 53.0 Å². The Balaban J connectivity index is 0.00000420. The lowest BCUT2D eigenvalue weighted by Gasteiger charge is -2.17. The topological polar surface area (TPSA) is 58.1 Å². The Hall–Kier alpha value is -1.06. The van der Waals surface area contributed by atoms with E-state index in [0.29, 0.717) is 12.5 Å². The van der Waals surface area contributed by atoms with E-state index in [9.17, 15) is 0 Å². The maximum atomic E-state index is 5.42. The fourth-order valence-electron chi connectivity index (χ4n) is 3.44. The lowest BCUT2D eigenvalue weighted by molar-refractivity contribution is 0.145. The first kappa shape index (κ1) is 26.0. The van der Waals surface area contributed by atoms with E-state index < -0.39 is 0 Å². The second-order valence-corrected chi connectivity index (χ2v) is 7.33. The summed E-state index contributed by atoms with van der Waals surface area (Å²) < 4.78 is 10.7. The van der Waals surface area contributed by atoms with Crippen molar-refractivity contribution >= 4 is 29.9 Å². The van der Waals surface area contributed by atoms with Gasteiger partial charge in [0.1, 0.15) is 5.75 Å². The first-order valence-corrected chi connectivity index (χ1v) is 10.7. The van der Waals surface area contributed by atoms with Crippen LogP contribution in [0.1, 0.15) is 38.7 Å². The molecule has 1 atom stereocenters. The van der Waals surface area contributed by atoms with Crippen LogP contribution in [0.2, 0.25) is 0 Å². The predicted molar refractivity (Wildman–Crippen MR) is 132 cm³/mol. The summed E-state index contributed by atoms with van der Waals surface area (Å²) in [4.78, 5) is 7.35. The van der Waals surface area contributed by atoms with Gasteiger partial charge < -0.3 is 25.0 Å². The summed E-state index contributed by atoms with van der Waals surface area (Å²) in [5.74, 6) is 2.46. The molecule has 2 rings (SSSR count). The Kier molecular flexibility index (Phi) is 14.1. The van der Waals surface area contributed by atoms with Gasteiger partial charge in [0.2, 0.25) is 0 Å². The number of benzene rings is 1. The summed E-state index contributed by atoms with van der Waals surface area (Å²) in [6.45, 7) is 11.9. The average Bonchev–Trinajstić information content (AvgIpc) is 3.17. The molecule has 1 fully saturated rings. The van der Waals surface area contributed by atoms with Crippen molar-refractivity contribution in [1.29, 1.82) is 0 Å². The van der Waals surface area contributed by atoms with Gasteiger partial charge in [0, 0.05) is 32.8 Å². The molecule has 0 aromatic heterocycles. The fourth-order valence-corrected chi connectivity index (χ4v) is 3.44. The molecule has 1 saturated heterocycles. The molecule has 1 aliphatic rings. The number of likely N-dealkylation sites (tertiary alicyclic amines) is 1. The number of methoxy groups -OCH3 is 1. The number of guanidine groups is 1. The molecule has 1 unspecified atom stereocenters. The number of hydrogen-bond donors (Lipinski definition) is 2. The number of aliphatic imine (C=N–C) groups is 1. The van der Waals surface area contributed by atoms with Gasteiger partial charge in [-0.3, -0.25) is 0 Å². The lowest BCUT2D eigenvalue weighted by atomic mass is 10.1. The number of ether oxygens (including phenoxy) is 2. The van der Waals surface area contributed by atoms with Crippen LogP contribution in [0.25, 0.3) is 0 Å². The molecule has 1 heterocycles. The van der Waals surface area contributed by atoms with Gasteiger partial charge in [-0.25, -0.2) is 4.99 Å². The van der Waals surface area contributed by atoms with Gasteiger partial charge in [0.15, 0.2) is 5.96 Å². The van der Waals surface area contributed by atoms with Crippen LogP contribution in [0.5, 0.6) is 5.75 Å². The van der Waals surface area contributed by atoms with Gasteiger partial charge in [-0.15, -0.1) is 24.0 Å². The molecule has 29 heavy (non-hydrogen) atoms. The normalized spacial score (nSPS) is 17.1. The van der Waals surface area contributed by atoms with Crippen LogP contribution >= 0.6 is 24.0 Å². The van der Waals surface area contributed by atoms with E-state index in [0.717, 1.165) is 44.4 Å². The van der Waals surface area contributed by atoms with Crippen molar-refractivity contribution in [1.82, 2.24) is 15.5 Å². The van der Waals surface area contributed by atoms with Crippen LogP contribution in [-0.4, -0.2) is 63.9 Å². The van der Waals surface area contributed by atoms with Crippen molar-refractivity contribution in [2.45, 2.75) is 39.7 Å². The van der Waals surface area contributed by atoms with Crippen molar-refractivity contribution in [2.24, 2.45) is 10.9 Å². The highest BCUT2D eigenvalue weighted by Crippen LogP contribution is 2.15. The van der Waals surface area contributed by atoms with Crippen LogP contribution < -0.4 is 15.4 Å². The number of nitrogens with zero attached hydrogens (tertiary/aromatic N) is 2. The van der Waals surface area contributed by atoms with Crippen molar-refractivity contribution < 1.29 is 9.47 Å². The Morgan fingerprint density at radius 2 is 2.00 bits per heavy atom. The number of rotatable bonds is 12. The largest absolute Gasteiger partial charge is 0.497 e. The average molecular weight is 518 g/mol. The molecule has 2 N–H and O–H groups in total. The van der Waals surface area contributed by atoms with E-state index in [-0.39, 0.29) is 24.0 Å². The van der Waals surface area contributed by atoms with E-state index >= 15 is 0 Å². The highest BCUT2D eigenvalue weighted by Gasteiger charge is 2.21. The summed E-state index contributed by atoms with van der Waals surface area (Å²) in [6, 6.07) is 8.09. The molecule has 0 spiro atoms. The minimum Gasteiger partial charge on any atom is -0.497 e. The quantitative estimate of drug-likeness (QED) is 0.192. The molecule has 7 heteroatoms. The highest BCUT2D eigenvalue weighted by molar-refractivity contribution is 14.0. The van der Waals surface area contributed by atoms with Crippen molar-refractivity contribution in [3.8, 4) is 5.75 Å². The van der Waals surface area contributed by atoms with Gasteiger partial charge in [0.25, 0.3) is 0 Å². The first-order valence-electron chi connectivity index (χ1n) is 10.7. The zero-order valence-corrected chi connectivity index (χ0v) is 20.6. The second-order valence-electron chi connectivity index (χ2n) is 7.33. The Labute approximate surface area is 193 Å². The minimum atomic E-state index is 0. The van der Waals surface area contributed by atoms with Crippen molar-refractivity contribution in [3.05, 3.63) is 29.8 Å². The van der Waals surface area contributed by atoms with E-state index in [1.165, 1.54) is 38.0 Å². The third kappa shape index (κ3) is 10.5. The predicted octanol–water partition coefficient (Wildman–Crippen LogP) is 3.51. The fraction of sp³-hybridized carbons (Fsp3) is 0.682. The molecule has 1 aromatic rings. The van der Waals surface area contributed by atoms with Gasteiger partial charge in [-0.1, -0.05) is 19.1 Å². The van der Waals surface area contributed by atoms with Crippen LogP contribution in [0.15, 0.2) is 29.3 Å². The van der Waals surface area contributed by atoms with Crippen LogP contribution in [0.4, 0.5) is 0 Å². The third-order valence-electron chi connectivity index (χ3n) is 5.01. The van der Waals surface area contributed by atoms with Crippen LogP contribution in [0, 0.1) is 5.92 Å². The Morgan fingerprint density at radius 1 is 1.21 bits per heavy atom. The summed E-state index contributed by atoms with van der Waals surface area (Å²) in [5, 5.41) is 7.01. The smallest absolute Gasteiger partial charge is 0.191 e. The molecule has 0 aliphatic carbocycles. The molecule has 166 valence electrons. The third-order valence-corrected chi connectivity index (χ3v) is 5.01. The zero-order valence-electron chi connectivity index (χ0n) is 18.3. The molecule has 0 radical (unpaired) electrons. The van der Waals surface area contributed by atoms with Gasteiger partial charge in [-0.05, 0) is 62.9 Å². The molecule has 1 aliphatic heterocycles. The minimum absolute atomic E-state index is 0. The van der Waals surface area contributed by atoms with Gasteiger partial charge in [0.05, 0.1) is 13.7 Å². The highest BCUT2D eigenvalue weighted by atomic mass is 127. The molecule has 1 aromatic carbocycles. The summed E-state index contributed by atoms with van der Waals surface area (Å²) in [5.41, 5.74) is 1.17. The van der Waals surface area contributed by atoms with E-state index in [1.807, 2.05) is 19.1 Å². The monoisotopic (exact) mass is 518 g/mol. The molecule has 0 saturated carbocycles. The number of halogens is 1. The maximum Gasteiger partial charge on any atom is 0.191 e. The van der Waals surface area contributed by atoms with E-state index in [1.54, 1.807) is 7.11 Å². The Morgan fingerprint density at radius 3 is 2.69 bits per heavy atom. The zero-order chi connectivity index (χ0) is 20.0. The van der Waals surface area contributed by atoms with Crippen LogP contribution in [0.3, 0.4) is 0 Å². The molecule has 0 bridgehead atoms. The van der Waals surface area contributed by atoms with Gasteiger partial charge in [-0.2, -0.15) is 0 Å². The molecular weight excluding hydrogens is 479 g/mol. The lowest BCUT2D eigenvalue weighted by Crippen LogP contribution is -2.41. The number of nitrogens with one attached hydrogen (secondary N) is 2. The summed E-state index contributed by atoms with van der Waals surface area (Å²) in [7, 11) is 1.69. The van der Waals surface area contributed by atoms with Crippen molar-refractivity contribution in [3.63, 3.8) is 0 Å². The van der Waals surface area contributed by atoms with E-state index in [4.69, 9.17) is 14.5 Å². The maximum absolute atomic E-state index is 5.42. The number of hydrogen-bond acceptors (Lipinski definition) is 4. The summed E-state index contributed by atoms with van der Waals surface area (Å²) in [6.07, 6.45) is 3.48. The SMILES string of the molecule is CCCN1CCC(CNC(=NCc2ccc(OC)cc2)NCCCOCC)C1.I. The van der Waals surface area contributed by atoms with E-state index in [2.05, 4.69) is 34.6 Å².